The van der Waals surface area contributed by atoms with E-state index in [1.54, 1.807) is 9.80 Å². The van der Waals surface area contributed by atoms with Gasteiger partial charge in [0.15, 0.2) is 11.6 Å². The minimum Gasteiger partial charge on any atom is -0.487 e. The van der Waals surface area contributed by atoms with Crippen molar-refractivity contribution in [2.24, 2.45) is 0 Å². The summed E-state index contributed by atoms with van der Waals surface area (Å²) in [5.74, 6) is -0.0612. The first-order chi connectivity index (χ1) is 13.6. The fraction of sp³-hybridized carbons (Fsp3) is 0.650. The minimum atomic E-state index is -0.729. The quantitative estimate of drug-likeness (QED) is 0.741. The topological polar surface area (TPSA) is 62.2 Å². The number of ether oxygens (including phenoxy) is 2. The highest BCUT2D eigenvalue weighted by Crippen LogP contribution is 2.31. The van der Waals surface area contributed by atoms with Gasteiger partial charge in [-0.05, 0) is 20.8 Å². The summed E-state index contributed by atoms with van der Waals surface area (Å²) in [5.41, 5.74) is -0.304. The van der Waals surface area contributed by atoms with Gasteiger partial charge in [0, 0.05) is 51.2 Å². The number of halogens is 2. The van der Waals surface area contributed by atoms with Crippen molar-refractivity contribution in [3.05, 3.63) is 23.8 Å². The van der Waals surface area contributed by atoms with E-state index in [1.807, 2.05) is 20.8 Å². The number of rotatable bonds is 3. The number of anilines is 1. The Morgan fingerprint density at radius 2 is 1.72 bits per heavy atom. The van der Waals surface area contributed by atoms with Gasteiger partial charge in [0.2, 0.25) is 0 Å². The van der Waals surface area contributed by atoms with Crippen LogP contribution in [0.15, 0.2) is 12.1 Å². The number of piperazine rings is 1. The second-order valence-electron chi connectivity index (χ2n) is 8.38. The van der Waals surface area contributed by atoms with E-state index in [0.29, 0.717) is 50.5 Å². The molecule has 0 bridgehead atoms. The van der Waals surface area contributed by atoms with E-state index >= 15 is 0 Å². The van der Waals surface area contributed by atoms with Crippen molar-refractivity contribution in [1.29, 1.82) is 0 Å². The average molecular weight is 432 g/mol. The van der Waals surface area contributed by atoms with Gasteiger partial charge in [0.25, 0.3) is 0 Å². The van der Waals surface area contributed by atoms with E-state index in [-0.39, 0.29) is 23.6 Å². The van der Waals surface area contributed by atoms with Gasteiger partial charge < -0.3 is 19.3 Å². The largest absolute Gasteiger partial charge is 0.487 e. The molecule has 2 fully saturated rings. The molecule has 9 heteroatoms. The molecule has 0 aromatic heterocycles. The molecule has 0 unspecified atom stereocenters. The van der Waals surface area contributed by atoms with Crippen LogP contribution in [-0.4, -0.2) is 64.9 Å². The molecule has 0 radical (unpaired) electrons. The zero-order valence-corrected chi connectivity index (χ0v) is 17.9. The van der Waals surface area contributed by atoms with Crippen LogP contribution in [0.2, 0.25) is 0 Å². The molecule has 3 rings (SSSR count). The van der Waals surface area contributed by atoms with Gasteiger partial charge in [-0.15, -0.1) is 0 Å². The van der Waals surface area contributed by atoms with Crippen molar-refractivity contribution in [3.8, 4) is 5.75 Å². The van der Waals surface area contributed by atoms with Crippen LogP contribution in [0.3, 0.4) is 0 Å². The van der Waals surface area contributed by atoms with Crippen LogP contribution in [0.1, 0.15) is 33.6 Å². The molecule has 2 saturated heterocycles. The highest BCUT2D eigenvalue weighted by Gasteiger charge is 2.30. The van der Waals surface area contributed by atoms with Gasteiger partial charge >= 0.3 is 6.09 Å². The average Bonchev–Trinajstić information content (AvgIpc) is 2.64. The third-order valence-electron chi connectivity index (χ3n) is 4.92. The summed E-state index contributed by atoms with van der Waals surface area (Å²) in [5, 5.41) is 0. The lowest BCUT2D eigenvalue weighted by Gasteiger charge is -2.37. The lowest BCUT2D eigenvalue weighted by molar-refractivity contribution is 0.0240. The molecule has 2 aliphatic heterocycles. The Morgan fingerprint density at radius 1 is 1.10 bits per heavy atom. The number of nitrogens with zero attached hydrogens (tertiary/aromatic N) is 2. The van der Waals surface area contributed by atoms with E-state index in [9.17, 15) is 18.1 Å². The highest BCUT2D eigenvalue weighted by atomic mass is 32.2. The molecule has 162 valence electrons. The Balaban J connectivity index is 1.64. The summed E-state index contributed by atoms with van der Waals surface area (Å²) in [4.78, 5) is 15.6. The summed E-state index contributed by atoms with van der Waals surface area (Å²) in [6, 6.07) is 2.26. The standard InChI is InChI=1S/C20H29F2N2O4S/c1-20(2,3)28-19(25)24-8-6-23(7-9-24)17-13-18(16(22)12-15(17)21)27-14-4-10-29(26)11-5-14/h12-14,26H,4-11H2,1-3H3/q+1. The monoisotopic (exact) mass is 431 g/mol. The van der Waals surface area contributed by atoms with Gasteiger partial charge in [-0.25, -0.2) is 13.6 Å². The maximum absolute atomic E-state index is 14.4. The highest BCUT2D eigenvalue weighted by molar-refractivity contribution is 7.91. The minimum absolute atomic E-state index is 0.0284. The summed E-state index contributed by atoms with van der Waals surface area (Å²) in [7, 11) is 0. The third kappa shape index (κ3) is 5.88. The zero-order chi connectivity index (χ0) is 21.2. The summed E-state index contributed by atoms with van der Waals surface area (Å²) >= 11 is -0.585. The predicted molar refractivity (Wildman–Crippen MR) is 110 cm³/mol. The Bertz CT molecular complexity index is 728. The van der Waals surface area contributed by atoms with Crippen LogP contribution in [-0.2, 0) is 15.9 Å². The van der Waals surface area contributed by atoms with Gasteiger partial charge in [-0.1, -0.05) is 0 Å². The van der Waals surface area contributed by atoms with Gasteiger partial charge in [0.1, 0.15) is 40.2 Å². The SMILES string of the molecule is CC(C)(C)OC(=O)N1CCN(c2cc(OC3CC[S+](O)CC3)c(F)cc2F)CC1. The molecule has 1 aromatic rings. The van der Waals surface area contributed by atoms with Crippen LogP contribution in [0, 0.1) is 11.6 Å². The molecule has 29 heavy (non-hydrogen) atoms. The van der Waals surface area contributed by atoms with Crippen LogP contribution in [0.4, 0.5) is 19.3 Å². The van der Waals surface area contributed by atoms with E-state index in [4.69, 9.17) is 9.47 Å². The van der Waals surface area contributed by atoms with E-state index in [1.165, 1.54) is 6.07 Å². The third-order valence-corrected chi connectivity index (χ3v) is 6.33. The summed E-state index contributed by atoms with van der Waals surface area (Å²) < 4.78 is 49.5. The van der Waals surface area contributed by atoms with E-state index in [2.05, 4.69) is 0 Å². The number of benzene rings is 1. The second-order valence-corrected chi connectivity index (χ2v) is 10.1. The maximum atomic E-state index is 14.4. The molecule has 6 nitrogen and oxygen atoms in total. The van der Waals surface area contributed by atoms with Crippen LogP contribution >= 0.6 is 0 Å². The number of carbonyl (C=O) groups excluding carboxylic acids is 1. The Kier molecular flexibility index (Phi) is 6.78. The molecule has 1 N–H and O–H groups in total. The van der Waals surface area contributed by atoms with Gasteiger partial charge in [-0.2, -0.15) is 4.55 Å². The van der Waals surface area contributed by atoms with Gasteiger partial charge in [0.05, 0.1) is 5.69 Å². The molecule has 1 aromatic carbocycles. The normalized spacial score (nSPS) is 23.1. The number of hydrogen-bond donors (Lipinski definition) is 1. The molecule has 2 aliphatic rings. The smallest absolute Gasteiger partial charge is 0.410 e. The maximum Gasteiger partial charge on any atom is 0.410 e. The molecule has 0 spiro atoms. The van der Waals surface area contributed by atoms with Crippen molar-refractivity contribution in [2.75, 3.05) is 42.6 Å². The molecule has 0 aliphatic carbocycles. The van der Waals surface area contributed by atoms with Crippen LogP contribution < -0.4 is 9.64 Å². The Hall–Kier alpha value is -1.74. The molecule has 1 amide bonds. The fourth-order valence-corrected chi connectivity index (χ4v) is 4.66. The first-order valence-corrected chi connectivity index (χ1v) is 11.4. The summed E-state index contributed by atoms with van der Waals surface area (Å²) in [6.45, 7) is 7.04. The fourth-order valence-electron chi connectivity index (χ4n) is 3.39. The van der Waals surface area contributed by atoms with Crippen LogP contribution in [0.25, 0.3) is 0 Å². The lowest BCUT2D eigenvalue weighted by atomic mass is 10.2. The number of amides is 1. The van der Waals surface area contributed by atoms with Crippen molar-refractivity contribution in [3.63, 3.8) is 0 Å². The van der Waals surface area contributed by atoms with Crippen molar-refractivity contribution in [2.45, 2.75) is 45.3 Å². The Morgan fingerprint density at radius 3 is 2.31 bits per heavy atom. The first-order valence-electron chi connectivity index (χ1n) is 9.87. The van der Waals surface area contributed by atoms with Crippen molar-refractivity contribution in [1.82, 2.24) is 4.90 Å². The Labute approximate surface area is 173 Å². The molecule has 0 saturated carbocycles. The molecule has 0 atom stereocenters. The second kappa shape index (κ2) is 8.95. The zero-order valence-electron chi connectivity index (χ0n) is 17.1. The first kappa shape index (κ1) is 22.0. The predicted octanol–water partition coefficient (Wildman–Crippen LogP) is 3.65. The lowest BCUT2D eigenvalue weighted by Crippen LogP contribution is -2.50. The van der Waals surface area contributed by atoms with Crippen LogP contribution in [0.5, 0.6) is 5.75 Å². The van der Waals surface area contributed by atoms with E-state index in [0.717, 1.165) is 6.07 Å². The molecule has 2 heterocycles. The summed E-state index contributed by atoms with van der Waals surface area (Å²) in [6.07, 6.45) is 0.740. The van der Waals surface area contributed by atoms with Crippen molar-refractivity contribution >= 4 is 23.0 Å². The molecular weight excluding hydrogens is 402 g/mol. The molecular formula is C20H29F2N2O4S+. The van der Waals surface area contributed by atoms with Gasteiger partial charge in [-0.3, -0.25) is 0 Å². The number of carbonyl (C=O) groups is 1. The number of hydrogen-bond acceptors (Lipinski definition) is 5. The van der Waals surface area contributed by atoms with E-state index < -0.39 is 28.4 Å². The van der Waals surface area contributed by atoms with Crippen molar-refractivity contribution < 1.29 is 27.6 Å².